The van der Waals surface area contributed by atoms with Gasteiger partial charge >= 0.3 is 0 Å². The molecule has 0 radical (unpaired) electrons. The van der Waals surface area contributed by atoms with E-state index in [9.17, 15) is 14.7 Å². The molecule has 0 spiro atoms. The van der Waals surface area contributed by atoms with Crippen molar-refractivity contribution in [3.05, 3.63) is 47.3 Å². The van der Waals surface area contributed by atoms with Crippen LogP contribution in [0.15, 0.2) is 30.9 Å². The molecule has 39 heavy (non-hydrogen) atoms. The first-order valence-corrected chi connectivity index (χ1v) is 13.6. The molecule has 3 fully saturated rings. The van der Waals surface area contributed by atoms with Gasteiger partial charge in [0.1, 0.15) is 40.3 Å². The van der Waals surface area contributed by atoms with Gasteiger partial charge in [-0.05, 0) is 45.0 Å². The Morgan fingerprint density at radius 3 is 2.82 bits per heavy atom. The number of fused-ring (bicyclic) bond motifs is 3. The lowest BCUT2D eigenvalue weighted by Gasteiger charge is -2.40. The number of aromatic hydroxyl groups is 1. The van der Waals surface area contributed by atoms with Crippen LogP contribution >= 0.6 is 11.6 Å². The number of halogens is 2. The van der Waals surface area contributed by atoms with Gasteiger partial charge in [0, 0.05) is 38.8 Å². The van der Waals surface area contributed by atoms with Crippen molar-refractivity contribution in [2.45, 2.75) is 37.4 Å². The Labute approximate surface area is 231 Å². The minimum atomic E-state index is -0.683. The molecular weight excluding hydrogens is 525 g/mol. The molecule has 6 rings (SSSR count). The number of phenolic OH excluding ortho intramolecular Hbond substituents is 1. The number of carbonyl (C=O) groups is 2. The number of hydrogen-bond donors (Lipinski definition) is 1. The number of hydrogen-bond acceptors (Lipinski definition) is 7. The van der Waals surface area contributed by atoms with Crippen molar-refractivity contribution in [3.8, 4) is 22.8 Å². The van der Waals surface area contributed by atoms with Gasteiger partial charge in [0.15, 0.2) is 5.75 Å². The van der Waals surface area contributed by atoms with Crippen LogP contribution < -0.4 is 9.64 Å². The molecule has 3 atom stereocenters. The highest BCUT2D eigenvalue weighted by atomic mass is 35.5. The zero-order valence-electron chi connectivity index (χ0n) is 22.0. The Kier molecular flexibility index (Phi) is 6.22. The van der Waals surface area contributed by atoms with Crippen molar-refractivity contribution in [1.29, 1.82) is 0 Å². The zero-order chi connectivity index (χ0) is 27.6. The quantitative estimate of drug-likeness (QED) is 0.582. The van der Waals surface area contributed by atoms with Crippen LogP contribution in [-0.2, 0) is 4.79 Å². The molecule has 4 aliphatic rings. The highest BCUT2D eigenvalue weighted by molar-refractivity contribution is 6.35. The van der Waals surface area contributed by atoms with Gasteiger partial charge in [0.2, 0.25) is 5.91 Å². The van der Waals surface area contributed by atoms with Gasteiger partial charge in [0.25, 0.3) is 5.91 Å². The van der Waals surface area contributed by atoms with E-state index in [1.165, 1.54) is 24.3 Å². The second-order valence-corrected chi connectivity index (χ2v) is 11.3. The predicted molar refractivity (Wildman–Crippen MR) is 145 cm³/mol. The van der Waals surface area contributed by atoms with Crippen LogP contribution in [0.4, 0.5) is 10.2 Å². The average Bonchev–Trinajstić information content (AvgIpc) is 3.36. The SMILES string of the molecule is C=CC(=O)N1CCN2C(=O)c3c(N4CCC5N(C)CC[C@]54C)nc(-c4c(O)cccc4F)c(Cl)c3OC[C@H]2C1. The zero-order valence-corrected chi connectivity index (χ0v) is 22.7. The molecule has 0 saturated carbocycles. The minimum Gasteiger partial charge on any atom is -0.507 e. The van der Waals surface area contributed by atoms with Gasteiger partial charge in [-0.2, -0.15) is 0 Å². The lowest BCUT2D eigenvalue weighted by molar-refractivity contribution is -0.128. The second kappa shape index (κ2) is 9.38. The summed E-state index contributed by atoms with van der Waals surface area (Å²) in [6.07, 6.45) is 3.01. The monoisotopic (exact) mass is 555 g/mol. The van der Waals surface area contributed by atoms with Crippen molar-refractivity contribution >= 4 is 29.2 Å². The third-order valence-electron chi connectivity index (χ3n) is 8.89. The summed E-state index contributed by atoms with van der Waals surface area (Å²) in [5, 5.41) is 10.6. The Balaban J connectivity index is 1.53. The number of rotatable bonds is 3. The van der Waals surface area contributed by atoms with Gasteiger partial charge in [0.05, 0.1) is 17.1 Å². The van der Waals surface area contributed by atoms with Gasteiger partial charge in [-0.1, -0.05) is 24.2 Å². The Morgan fingerprint density at radius 1 is 1.28 bits per heavy atom. The summed E-state index contributed by atoms with van der Waals surface area (Å²) in [4.78, 5) is 39.2. The largest absolute Gasteiger partial charge is 0.507 e. The molecule has 206 valence electrons. The number of aromatic nitrogens is 1. The summed E-state index contributed by atoms with van der Waals surface area (Å²) in [7, 11) is 2.10. The van der Waals surface area contributed by atoms with E-state index >= 15 is 4.39 Å². The highest BCUT2D eigenvalue weighted by Gasteiger charge is 2.53. The van der Waals surface area contributed by atoms with Crippen molar-refractivity contribution in [3.63, 3.8) is 0 Å². The van der Waals surface area contributed by atoms with Crippen LogP contribution in [0.5, 0.6) is 11.5 Å². The van der Waals surface area contributed by atoms with Gasteiger partial charge in [-0.3, -0.25) is 9.59 Å². The van der Waals surface area contributed by atoms with Crippen molar-refractivity contribution in [2.75, 3.05) is 51.3 Å². The number of carbonyl (C=O) groups excluding carboxylic acids is 2. The summed E-state index contributed by atoms with van der Waals surface area (Å²) < 4.78 is 21.4. The van der Waals surface area contributed by atoms with Crippen LogP contribution in [0, 0.1) is 5.82 Å². The maximum Gasteiger partial charge on any atom is 0.261 e. The third-order valence-corrected chi connectivity index (χ3v) is 9.24. The van der Waals surface area contributed by atoms with E-state index in [0.29, 0.717) is 32.0 Å². The van der Waals surface area contributed by atoms with Crippen LogP contribution in [0.25, 0.3) is 11.3 Å². The number of likely N-dealkylation sites (N-methyl/N-ethyl adjacent to an activating group) is 1. The maximum atomic E-state index is 15.1. The molecule has 11 heteroatoms. The summed E-state index contributed by atoms with van der Waals surface area (Å²) in [6.45, 7) is 8.37. The van der Waals surface area contributed by atoms with E-state index in [0.717, 1.165) is 19.4 Å². The molecule has 2 amide bonds. The molecule has 0 aliphatic carbocycles. The Hall–Kier alpha value is -3.37. The molecule has 1 unspecified atom stereocenters. The lowest BCUT2D eigenvalue weighted by atomic mass is 9.93. The number of anilines is 1. The van der Waals surface area contributed by atoms with Gasteiger partial charge < -0.3 is 29.4 Å². The Morgan fingerprint density at radius 2 is 2.08 bits per heavy atom. The molecule has 1 aromatic heterocycles. The van der Waals surface area contributed by atoms with E-state index in [4.69, 9.17) is 21.3 Å². The first-order chi connectivity index (χ1) is 18.7. The molecule has 2 aromatic rings. The average molecular weight is 556 g/mol. The lowest BCUT2D eigenvalue weighted by Crippen LogP contribution is -2.57. The standard InChI is InChI=1S/C28H31ClFN5O4/c1-4-20(37)33-12-13-34-16(14-33)15-39-25-22(27(34)38)26(35-10-8-19-28(35,2)9-11-32(19)3)31-24(23(25)29)21-17(30)6-5-7-18(21)36/h4-7,16,19,36H,1,8-15H2,2-3H3/t16-,19?,28-/m1/s1. The van der Waals surface area contributed by atoms with E-state index in [1.807, 2.05) is 0 Å². The Bertz CT molecular complexity index is 1370. The number of nitrogens with zero attached hydrogens (tertiary/aromatic N) is 5. The van der Waals surface area contributed by atoms with Crippen molar-refractivity contribution in [1.82, 2.24) is 19.7 Å². The summed E-state index contributed by atoms with van der Waals surface area (Å²) in [5.74, 6) is -0.982. The normalized spacial score (nSPS) is 26.6. The predicted octanol–water partition coefficient (Wildman–Crippen LogP) is 3.15. The number of benzene rings is 1. The molecule has 1 N–H and O–H groups in total. The molecule has 0 bridgehead atoms. The topological polar surface area (TPSA) is 89.5 Å². The molecule has 1 aromatic carbocycles. The van der Waals surface area contributed by atoms with E-state index in [1.54, 1.807) is 9.80 Å². The highest BCUT2D eigenvalue weighted by Crippen LogP contribution is 2.50. The van der Waals surface area contributed by atoms with Crippen LogP contribution in [-0.4, -0.2) is 101 Å². The smallest absolute Gasteiger partial charge is 0.261 e. The number of amides is 2. The molecule has 3 saturated heterocycles. The first kappa shape index (κ1) is 25.9. The fourth-order valence-electron chi connectivity index (χ4n) is 6.78. The second-order valence-electron chi connectivity index (χ2n) is 10.9. The number of ether oxygens (including phenoxy) is 1. The summed E-state index contributed by atoms with van der Waals surface area (Å²) >= 11 is 6.85. The first-order valence-electron chi connectivity index (χ1n) is 13.2. The molecule has 9 nitrogen and oxygen atoms in total. The summed E-state index contributed by atoms with van der Waals surface area (Å²) in [5.41, 5.74) is -0.187. The van der Waals surface area contributed by atoms with Crippen molar-refractivity contribution < 1.29 is 23.8 Å². The number of likely N-dealkylation sites (tertiary alicyclic amines) is 1. The van der Waals surface area contributed by atoms with E-state index in [-0.39, 0.29) is 63.3 Å². The fraction of sp³-hybridized carbons (Fsp3) is 0.464. The van der Waals surface area contributed by atoms with Crippen LogP contribution in [0.1, 0.15) is 30.1 Å². The number of phenols is 1. The van der Waals surface area contributed by atoms with Crippen LogP contribution in [0.2, 0.25) is 5.02 Å². The number of pyridine rings is 1. The molecule has 4 aliphatic heterocycles. The maximum absolute atomic E-state index is 15.1. The van der Waals surface area contributed by atoms with Gasteiger partial charge in [-0.15, -0.1) is 0 Å². The minimum absolute atomic E-state index is 0.0237. The van der Waals surface area contributed by atoms with E-state index in [2.05, 4.69) is 30.4 Å². The van der Waals surface area contributed by atoms with Gasteiger partial charge in [-0.25, -0.2) is 9.37 Å². The summed E-state index contributed by atoms with van der Waals surface area (Å²) in [6, 6.07) is 3.87. The van der Waals surface area contributed by atoms with E-state index < -0.39 is 11.9 Å². The molecular formula is C28H31ClFN5O4. The van der Waals surface area contributed by atoms with Crippen molar-refractivity contribution in [2.24, 2.45) is 0 Å². The molecule has 5 heterocycles. The van der Waals surface area contributed by atoms with Crippen LogP contribution in [0.3, 0.4) is 0 Å². The number of piperazine rings is 1. The third kappa shape index (κ3) is 3.87. The fourth-order valence-corrected chi connectivity index (χ4v) is 7.07.